The summed E-state index contributed by atoms with van der Waals surface area (Å²) in [4.78, 5) is 16.4. The Hall–Kier alpha value is -2.61. The Morgan fingerprint density at radius 3 is 2.92 bits per heavy atom. The van der Waals surface area contributed by atoms with Gasteiger partial charge in [-0.1, -0.05) is 12.1 Å². The van der Waals surface area contributed by atoms with Crippen molar-refractivity contribution < 1.29 is 29.2 Å². The van der Waals surface area contributed by atoms with Gasteiger partial charge < -0.3 is 9.84 Å². The Balaban J connectivity index is 2.15. The molecule has 0 saturated carbocycles. The third-order valence-electron chi connectivity index (χ3n) is 3.51. The highest BCUT2D eigenvalue weighted by molar-refractivity contribution is 6.01. The third-order valence-corrected chi connectivity index (χ3v) is 3.51. The number of carbonyl (C=O) groups excluding carboxylic acids is 1. The number of aliphatic hydroxyl groups is 1. The Kier molecular flexibility index (Phi) is 3.61. The van der Waals surface area contributed by atoms with Crippen molar-refractivity contribution in [2.24, 2.45) is 0 Å². The van der Waals surface area contributed by atoms with Crippen LogP contribution in [0.2, 0.25) is 0 Å². The number of ether oxygens (including phenoxy) is 1. The van der Waals surface area contributed by atoms with Gasteiger partial charge in [-0.2, -0.15) is 8.78 Å². The van der Waals surface area contributed by atoms with E-state index in [0.29, 0.717) is 4.90 Å². The molecule has 1 N–H and O–H groups in total. The smallest absolute Gasteiger partial charge is 0.423 e. The van der Waals surface area contributed by atoms with Crippen LogP contribution in [-0.2, 0) is 11.3 Å². The average molecular weight is 339 g/mol. The van der Waals surface area contributed by atoms with Crippen molar-refractivity contribution in [2.45, 2.75) is 25.7 Å². The molecule has 1 aliphatic heterocycles. The summed E-state index contributed by atoms with van der Waals surface area (Å²) in [7, 11) is 0. The van der Waals surface area contributed by atoms with Crippen molar-refractivity contribution >= 4 is 11.6 Å². The molecule has 5 nitrogen and oxygen atoms in total. The van der Waals surface area contributed by atoms with Gasteiger partial charge in [-0.05, 0) is 24.6 Å². The van der Waals surface area contributed by atoms with Crippen molar-refractivity contribution in [1.82, 2.24) is 4.98 Å². The molecule has 2 aromatic rings. The van der Waals surface area contributed by atoms with Crippen LogP contribution in [0.3, 0.4) is 0 Å². The lowest BCUT2D eigenvalue weighted by atomic mass is 10.1. The molecule has 0 aliphatic carbocycles. The van der Waals surface area contributed by atoms with Gasteiger partial charge in [0.2, 0.25) is 0 Å². The number of hydrogen-bond acceptors (Lipinski definition) is 4. The van der Waals surface area contributed by atoms with Gasteiger partial charge in [-0.15, -0.1) is 0 Å². The second-order valence-electron chi connectivity index (χ2n) is 5.31. The molecule has 126 valence electrons. The van der Waals surface area contributed by atoms with E-state index in [2.05, 4.69) is 9.72 Å². The van der Waals surface area contributed by atoms with Crippen molar-refractivity contribution in [3.63, 3.8) is 0 Å². The summed E-state index contributed by atoms with van der Waals surface area (Å²) in [5, 5.41) is 9.77. The Bertz CT molecular complexity index is 845. The summed E-state index contributed by atoms with van der Waals surface area (Å²) in [5.41, 5.74) is -0.0296. The number of aromatic nitrogens is 1. The molecule has 0 radical (unpaired) electrons. The van der Waals surface area contributed by atoms with Crippen LogP contribution < -0.4 is 9.64 Å². The molecule has 0 fully saturated rings. The van der Waals surface area contributed by atoms with Crippen LogP contribution in [-0.4, -0.2) is 22.1 Å². The minimum atomic E-state index is -4.18. The van der Waals surface area contributed by atoms with Gasteiger partial charge in [0.1, 0.15) is 5.82 Å². The van der Waals surface area contributed by atoms with E-state index in [1.807, 2.05) is 0 Å². The van der Waals surface area contributed by atoms with Gasteiger partial charge in [0.15, 0.2) is 5.75 Å². The number of anilines is 1. The lowest BCUT2D eigenvalue weighted by molar-refractivity contribution is -0.193. The number of hydrogen-bond donors (Lipinski definition) is 1. The Morgan fingerprint density at radius 1 is 1.50 bits per heavy atom. The van der Waals surface area contributed by atoms with Crippen molar-refractivity contribution in [3.05, 3.63) is 53.6 Å². The number of para-hydroxylation sites is 1. The lowest BCUT2D eigenvalue weighted by Crippen LogP contribution is -2.50. The minimum Gasteiger partial charge on any atom is -0.423 e. The molecular weight excluding hydrogens is 325 g/mol. The van der Waals surface area contributed by atoms with Gasteiger partial charge >= 0.3 is 12.0 Å². The van der Waals surface area contributed by atoms with E-state index in [-0.39, 0.29) is 22.9 Å². The number of halogens is 3. The number of alkyl halides is 2. The molecule has 0 spiro atoms. The first-order valence-electron chi connectivity index (χ1n) is 7.50. The maximum absolute atomic E-state index is 14.0. The van der Waals surface area contributed by atoms with Crippen LogP contribution in [0.4, 0.5) is 18.9 Å². The molecule has 2 heterocycles. The molecule has 1 aliphatic rings. The number of aliphatic hydroxyl groups excluding tert-OH is 1. The predicted molar refractivity (Wildman–Crippen MR) is 78.0 cm³/mol. The monoisotopic (exact) mass is 339 g/mol. The van der Waals surface area contributed by atoms with Crippen LogP contribution in [0.15, 0.2) is 36.6 Å². The van der Waals surface area contributed by atoms with Crippen molar-refractivity contribution in [2.75, 3.05) is 4.90 Å². The second kappa shape index (κ2) is 5.79. The zero-order valence-electron chi connectivity index (χ0n) is 13.5. The first-order valence-corrected chi connectivity index (χ1v) is 7.00. The predicted octanol–water partition coefficient (Wildman–Crippen LogP) is 2.79. The first kappa shape index (κ1) is 14.9. The van der Waals surface area contributed by atoms with E-state index in [1.54, 1.807) is 0 Å². The van der Waals surface area contributed by atoms with E-state index in [0.717, 1.165) is 12.3 Å². The van der Waals surface area contributed by atoms with E-state index >= 15 is 0 Å². The fourth-order valence-corrected chi connectivity index (χ4v) is 2.43. The number of amides is 1. The standard InChI is InChI=1S/C16H13F3N2O3/c1-9(22)12-3-2-4-13-14(12)24-16(18,19)15(23)21(13)8-10-5-11(17)7-20-6-10/h2-7,9,22H,8H2,1H3/i4D. The topological polar surface area (TPSA) is 62.7 Å². The zero-order valence-corrected chi connectivity index (χ0v) is 12.5. The SMILES string of the molecule is [2H]c1ccc(C(C)O)c2c1N(Cc1cncc(F)c1)C(=O)C(F)(F)O2. The van der Waals surface area contributed by atoms with Gasteiger partial charge in [0.05, 0.1) is 25.9 Å². The average Bonchev–Trinajstić information content (AvgIpc) is 2.51. The number of rotatable bonds is 3. The number of benzene rings is 1. The Morgan fingerprint density at radius 2 is 2.25 bits per heavy atom. The zero-order chi connectivity index (χ0) is 18.4. The van der Waals surface area contributed by atoms with E-state index < -0.39 is 36.2 Å². The highest BCUT2D eigenvalue weighted by Gasteiger charge is 2.51. The van der Waals surface area contributed by atoms with Crippen LogP contribution in [0.25, 0.3) is 0 Å². The van der Waals surface area contributed by atoms with E-state index in [4.69, 9.17) is 1.37 Å². The van der Waals surface area contributed by atoms with E-state index in [1.165, 1.54) is 25.3 Å². The minimum absolute atomic E-state index is 0.0144. The van der Waals surface area contributed by atoms with Gasteiger partial charge in [-0.3, -0.25) is 14.7 Å². The molecule has 0 saturated heterocycles. The van der Waals surface area contributed by atoms with Crippen LogP contribution in [0, 0.1) is 5.82 Å². The number of nitrogens with zero attached hydrogens (tertiary/aromatic N) is 2. The molecule has 1 aromatic heterocycles. The fraction of sp³-hybridized carbons (Fsp3) is 0.250. The molecule has 8 heteroatoms. The Labute approximate surface area is 136 Å². The third kappa shape index (κ3) is 2.80. The molecular formula is C16H13F3N2O3. The summed E-state index contributed by atoms with van der Waals surface area (Å²) >= 11 is 0. The van der Waals surface area contributed by atoms with E-state index in [9.17, 15) is 23.1 Å². The fourth-order valence-electron chi connectivity index (χ4n) is 2.43. The summed E-state index contributed by atoms with van der Waals surface area (Å²) < 4.78 is 53.8. The van der Waals surface area contributed by atoms with Crippen LogP contribution in [0.5, 0.6) is 5.75 Å². The summed E-state index contributed by atoms with van der Waals surface area (Å²) in [6, 6.07) is 3.35. The first-order chi connectivity index (χ1) is 11.7. The molecule has 3 rings (SSSR count). The number of fused-ring (bicyclic) bond motifs is 1. The maximum atomic E-state index is 14.0. The normalized spacial score (nSPS) is 17.8. The largest absolute Gasteiger partial charge is 0.483 e. The molecule has 1 unspecified atom stereocenters. The maximum Gasteiger partial charge on any atom is 0.483 e. The second-order valence-corrected chi connectivity index (χ2v) is 5.31. The summed E-state index contributed by atoms with van der Waals surface area (Å²) in [5.74, 6) is -2.81. The van der Waals surface area contributed by atoms with Crippen molar-refractivity contribution in [1.29, 1.82) is 0 Å². The quantitative estimate of drug-likeness (QED) is 0.934. The highest BCUT2D eigenvalue weighted by atomic mass is 19.3. The molecule has 0 bridgehead atoms. The molecule has 24 heavy (non-hydrogen) atoms. The highest BCUT2D eigenvalue weighted by Crippen LogP contribution is 2.44. The molecule has 1 atom stereocenters. The summed E-state index contributed by atoms with van der Waals surface area (Å²) in [6.07, 6.45) is -3.16. The summed E-state index contributed by atoms with van der Waals surface area (Å²) in [6.45, 7) is 0.919. The lowest BCUT2D eigenvalue weighted by Gasteiger charge is -2.34. The molecule has 1 aromatic carbocycles. The van der Waals surface area contributed by atoms with Gasteiger partial charge in [0.25, 0.3) is 0 Å². The number of pyridine rings is 1. The number of carbonyl (C=O) groups is 1. The van der Waals surface area contributed by atoms with Crippen molar-refractivity contribution in [3.8, 4) is 5.75 Å². The van der Waals surface area contributed by atoms with Crippen LogP contribution >= 0.6 is 0 Å². The van der Waals surface area contributed by atoms with Gasteiger partial charge in [0, 0.05) is 11.8 Å². The van der Waals surface area contributed by atoms with Gasteiger partial charge in [-0.25, -0.2) is 4.39 Å². The molecule has 1 amide bonds. The van der Waals surface area contributed by atoms with Crippen LogP contribution in [0.1, 0.15) is 25.5 Å².